The van der Waals surface area contributed by atoms with E-state index in [1.165, 1.54) is 18.4 Å². The molecule has 0 aliphatic carbocycles. The van der Waals surface area contributed by atoms with Crippen LogP contribution in [-0.4, -0.2) is 30.7 Å². The van der Waals surface area contributed by atoms with E-state index in [0.717, 1.165) is 31.6 Å². The minimum atomic E-state index is -0.389. The number of fused-ring (bicyclic) bond motifs is 1. The third kappa shape index (κ3) is 3.05. The Balaban J connectivity index is 1.57. The zero-order chi connectivity index (χ0) is 13.1. The molecule has 1 fully saturated rings. The number of H-pyrrole nitrogens is 1. The number of hydrogen-bond donors (Lipinski definition) is 3. The normalized spacial score (nSPS) is 17.1. The Bertz CT molecular complexity index is 596. The van der Waals surface area contributed by atoms with Gasteiger partial charge in [-0.05, 0) is 56.6 Å². The van der Waals surface area contributed by atoms with Crippen LogP contribution in [0.25, 0.3) is 11.1 Å². The molecule has 0 atom stereocenters. The van der Waals surface area contributed by atoms with Crippen molar-refractivity contribution in [2.45, 2.75) is 25.3 Å². The predicted molar refractivity (Wildman–Crippen MR) is 74.4 cm³/mol. The lowest BCUT2D eigenvalue weighted by atomic mass is 10.1. The quantitative estimate of drug-likeness (QED) is 0.768. The largest absolute Gasteiger partial charge is 0.417 e. The highest BCUT2D eigenvalue weighted by Gasteiger charge is 2.11. The third-order valence-electron chi connectivity index (χ3n) is 3.67. The van der Waals surface area contributed by atoms with Gasteiger partial charge in [-0.15, -0.1) is 0 Å². The summed E-state index contributed by atoms with van der Waals surface area (Å²) in [5.74, 6) is -0.389. The van der Waals surface area contributed by atoms with Gasteiger partial charge >= 0.3 is 5.76 Å². The van der Waals surface area contributed by atoms with Gasteiger partial charge in [-0.2, -0.15) is 0 Å². The number of rotatable bonds is 4. The molecule has 1 aliphatic rings. The van der Waals surface area contributed by atoms with Crippen LogP contribution in [0.4, 0.5) is 0 Å². The lowest BCUT2D eigenvalue weighted by molar-refractivity contribution is 0.389. The summed E-state index contributed by atoms with van der Waals surface area (Å²) in [5.41, 5.74) is 2.62. The third-order valence-corrected chi connectivity index (χ3v) is 3.67. The first-order valence-corrected chi connectivity index (χ1v) is 6.87. The Labute approximate surface area is 111 Å². The molecule has 3 rings (SSSR count). The average Bonchev–Trinajstić information content (AvgIpc) is 2.79. The van der Waals surface area contributed by atoms with Crippen molar-refractivity contribution >= 4 is 11.1 Å². The van der Waals surface area contributed by atoms with Gasteiger partial charge in [-0.25, -0.2) is 4.79 Å². The lowest BCUT2D eigenvalue weighted by Crippen LogP contribution is -2.40. The Hall–Kier alpha value is -1.59. The summed E-state index contributed by atoms with van der Waals surface area (Å²) in [6.07, 6.45) is 3.37. The zero-order valence-corrected chi connectivity index (χ0v) is 10.9. The van der Waals surface area contributed by atoms with Crippen LogP contribution in [0.1, 0.15) is 18.4 Å². The summed E-state index contributed by atoms with van der Waals surface area (Å²) in [6, 6.07) is 6.50. The van der Waals surface area contributed by atoms with Crippen LogP contribution < -0.4 is 16.4 Å². The van der Waals surface area contributed by atoms with Crippen LogP contribution in [0, 0.1) is 0 Å². The molecule has 0 saturated carbocycles. The van der Waals surface area contributed by atoms with Crippen molar-refractivity contribution in [2.24, 2.45) is 0 Å². The van der Waals surface area contributed by atoms with Crippen molar-refractivity contribution in [1.82, 2.24) is 15.6 Å². The van der Waals surface area contributed by atoms with E-state index in [1.807, 2.05) is 18.2 Å². The van der Waals surface area contributed by atoms with Crippen LogP contribution in [0.2, 0.25) is 0 Å². The number of aromatic amines is 1. The van der Waals surface area contributed by atoms with Gasteiger partial charge in [0.15, 0.2) is 5.58 Å². The summed E-state index contributed by atoms with van der Waals surface area (Å²) < 4.78 is 4.99. The van der Waals surface area contributed by atoms with Gasteiger partial charge in [0.2, 0.25) is 0 Å². The molecule has 0 unspecified atom stereocenters. The smallest absolute Gasteiger partial charge is 0.408 e. The summed E-state index contributed by atoms with van der Waals surface area (Å²) in [6.45, 7) is 3.19. The maximum Gasteiger partial charge on any atom is 0.417 e. The maximum absolute atomic E-state index is 11.1. The fourth-order valence-corrected chi connectivity index (χ4v) is 2.60. The van der Waals surface area contributed by atoms with Crippen molar-refractivity contribution < 1.29 is 4.42 Å². The van der Waals surface area contributed by atoms with Crippen molar-refractivity contribution in [2.75, 3.05) is 19.6 Å². The Kier molecular flexibility index (Phi) is 3.66. The first kappa shape index (κ1) is 12.4. The Morgan fingerprint density at radius 3 is 3.00 bits per heavy atom. The SMILES string of the molecule is O=c1[nH]c2cc(CCNC3CCNCC3)ccc2o1. The molecular weight excluding hydrogens is 242 g/mol. The monoisotopic (exact) mass is 261 g/mol. The van der Waals surface area contributed by atoms with Gasteiger partial charge in [0, 0.05) is 6.04 Å². The molecule has 5 nitrogen and oxygen atoms in total. The highest BCUT2D eigenvalue weighted by atomic mass is 16.4. The van der Waals surface area contributed by atoms with E-state index in [0.29, 0.717) is 11.6 Å². The van der Waals surface area contributed by atoms with Crippen LogP contribution in [0.3, 0.4) is 0 Å². The highest BCUT2D eigenvalue weighted by molar-refractivity contribution is 5.72. The molecule has 2 aromatic rings. The summed E-state index contributed by atoms with van der Waals surface area (Å²) in [4.78, 5) is 13.8. The second-order valence-corrected chi connectivity index (χ2v) is 5.07. The van der Waals surface area contributed by atoms with Gasteiger partial charge < -0.3 is 15.1 Å². The summed E-state index contributed by atoms with van der Waals surface area (Å²) >= 11 is 0. The number of benzene rings is 1. The molecule has 102 valence electrons. The van der Waals surface area contributed by atoms with E-state index in [1.54, 1.807) is 0 Å². The first-order chi connectivity index (χ1) is 9.31. The average molecular weight is 261 g/mol. The number of hydrogen-bond acceptors (Lipinski definition) is 4. The molecule has 1 aromatic carbocycles. The molecule has 1 saturated heterocycles. The molecule has 1 aromatic heterocycles. The minimum Gasteiger partial charge on any atom is -0.408 e. The number of nitrogens with one attached hydrogen (secondary N) is 3. The van der Waals surface area contributed by atoms with E-state index in [-0.39, 0.29) is 5.76 Å². The van der Waals surface area contributed by atoms with Crippen molar-refractivity contribution in [3.8, 4) is 0 Å². The van der Waals surface area contributed by atoms with Crippen LogP contribution >= 0.6 is 0 Å². The summed E-state index contributed by atoms with van der Waals surface area (Å²) in [7, 11) is 0. The van der Waals surface area contributed by atoms with Gasteiger partial charge in [0.1, 0.15) is 0 Å². The van der Waals surface area contributed by atoms with E-state index >= 15 is 0 Å². The van der Waals surface area contributed by atoms with Crippen LogP contribution in [0.15, 0.2) is 27.4 Å². The second-order valence-electron chi connectivity index (χ2n) is 5.07. The van der Waals surface area contributed by atoms with Gasteiger partial charge in [-0.1, -0.05) is 6.07 Å². The molecule has 1 aliphatic heterocycles. The van der Waals surface area contributed by atoms with E-state index < -0.39 is 0 Å². The van der Waals surface area contributed by atoms with Crippen molar-refractivity contribution in [1.29, 1.82) is 0 Å². The standard InChI is InChI=1S/C14H19N3O2/c18-14-17-12-9-10(1-2-13(12)19-14)3-8-16-11-4-6-15-7-5-11/h1-2,9,11,15-16H,3-8H2,(H,17,18). The number of piperidine rings is 1. The fourth-order valence-electron chi connectivity index (χ4n) is 2.60. The first-order valence-electron chi connectivity index (χ1n) is 6.87. The molecule has 3 N–H and O–H groups in total. The molecule has 5 heteroatoms. The lowest BCUT2D eigenvalue weighted by Gasteiger charge is -2.23. The second kappa shape index (κ2) is 5.59. The Morgan fingerprint density at radius 2 is 2.16 bits per heavy atom. The van der Waals surface area contributed by atoms with Crippen LogP contribution in [0.5, 0.6) is 0 Å². The van der Waals surface area contributed by atoms with Gasteiger partial charge in [0.25, 0.3) is 0 Å². The molecular formula is C14H19N3O2. The predicted octanol–water partition coefficient (Wildman–Crippen LogP) is 1.01. The topological polar surface area (TPSA) is 70.1 Å². The molecule has 0 radical (unpaired) electrons. The molecule has 2 heterocycles. The zero-order valence-electron chi connectivity index (χ0n) is 10.9. The Morgan fingerprint density at radius 1 is 1.32 bits per heavy atom. The van der Waals surface area contributed by atoms with Gasteiger partial charge in [-0.3, -0.25) is 4.98 Å². The van der Waals surface area contributed by atoms with E-state index in [9.17, 15) is 4.79 Å². The minimum absolute atomic E-state index is 0.389. The molecule has 19 heavy (non-hydrogen) atoms. The highest BCUT2D eigenvalue weighted by Crippen LogP contribution is 2.12. The molecule has 0 bridgehead atoms. The van der Waals surface area contributed by atoms with Gasteiger partial charge in [0.05, 0.1) is 5.52 Å². The molecule has 0 amide bonds. The summed E-state index contributed by atoms with van der Waals surface area (Å²) in [5, 5.41) is 6.95. The maximum atomic E-state index is 11.1. The van der Waals surface area contributed by atoms with Crippen LogP contribution in [-0.2, 0) is 6.42 Å². The van der Waals surface area contributed by atoms with Crippen molar-refractivity contribution in [3.05, 3.63) is 34.3 Å². The molecule has 0 spiro atoms. The number of oxazole rings is 1. The number of aromatic nitrogens is 1. The van der Waals surface area contributed by atoms with Crippen molar-refractivity contribution in [3.63, 3.8) is 0 Å². The van der Waals surface area contributed by atoms with E-state index in [4.69, 9.17) is 4.42 Å². The fraction of sp³-hybridized carbons (Fsp3) is 0.500. The van der Waals surface area contributed by atoms with E-state index in [2.05, 4.69) is 15.6 Å².